The Bertz CT molecular complexity index is 2810. The lowest BCUT2D eigenvalue weighted by Crippen LogP contribution is -2.35. The Morgan fingerprint density at radius 1 is 0.873 bits per heavy atom. The number of halogens is 6. The summed E-state index contributed by atoms with van der Waals surface area (Å²) >= 11 is 17.5. The largest absolute Gasteiger partial charge is 0.480 e. The molecule has 0 radical (unpaired) electrons. The molecule has 2 aromatic heterocycles. The number of alkyl halides is 3. The molecule has 6 aromatic rings. The number of nitrogens with one attached hydrogen (secondary N) is 2. The quantitative estimate of drug-likeness (QED) is 0.0700. The van der Waals surface area contributed by atoms with Crippen molar-refractivity contribution in [3.63, 3.8) is 0 Å². The summed E-state index contributed by atoms with van der Waals surface area (Å²) in [5.74, 6) is -2.30. The number of carbonyl (C=O) groups excluding carboxylic acids is 1. The fourth-order valence-corrected chi connectivity index (χ4v) is 6.60. The molecule has 0 spiro atoms. The van der Waals surface area contributed by atoms with Crippen molar-refractivity contribution in [2.75, 3.05) is 19.0 Å². The second kappa shape index (κ2) is 21.1. The molecule has 0 aliphatic rings. The molecule has 0 bridgehead atoms. The Labute approximate surface area is 367 Å². The molecule has 0 unspecified atom stereocenters. The van der Waals surface area contributed by atoms with Gasteiger partial charge in [-0.05, 0) is 67.6 Å². The number of nitro benzene ring substituents is 1. The van der Waals surface area contributed by atoms with Crippen LogP contribution in [-0.4, -0.2) is 75.2 Å². The van der Waals surface area contributed by atoms with E-state index >= 15 is 0 Å². The lowest BCUT2D eigenvalue weighted by atomic mass is 10.1. The van der Waals surface area contributed by atoms with E-state index in [4.69, 9.17) is 59.2 Å². The summed E-state index contributed by atoms with van der Waals surface area (Å²) in [5.41, 5.74) is -1.68. The zero-order chi connectivity index (χ0) is 46.6. The molecule has 63 heavy (non-hydrogen) atoms. The van der Waals surface area contributed by atoms with Crippen LogP contribution in [0.2, 0.25) is 15.1 Å². The molecule has 0 atom stereocenters. The van der Waals surface area contributed by atoms with E-state index < -0.39 is 62.5 Å². The molecular weight excluding hydrogens is 930 g/mol. The number of nitro groups is 1. The fourth-order valence-electron chi connectivity index (χ4n) is 4.74. The van der Waals surface area contributed by atoms with Crippen LogP contribution in [0.15, 0.2) is 96.0 Å². The first-order chi connectivity index (χ1) is 29.6. The average molecular weight is 957 g/mol. The summed E-state index contributed by atoms with van der Waals surface area (Å²) in [6.07, 6.45) is -2.97. The predicted molar refractivity (Wildman–Crippen MR) is 218 cm³/mol. The summed E-state index contributed by atoms with van der Waals surface area (Å²) in [6, 6.07) is 16.8. The highest BCUT2D eigenvalue weighted by Crippen LogP contribution is 2.37. The van der Waals surface area contributed by atoms with E-state index in [1.807, 2.05) is 4.72 Å². The van der Waals surface area contributed by atoms with Gasteiger partial charge in [0.15, 0.2) is 6.61 Å². The van der Waals surface area contributed by atoms with Gasteiger partial charge in [-0.15, -0.1) is 0 Å². The molecule has 2 heterocycles. The highest BCUT2D eigenvalue weighted by Gasteiger charge is 2.31. The average Bonchev–Trinajstić information content (AvgIpc) is 3.21. The second-order valence-corrected chi connectivity index (χ2v) is 14.7. The van der Waals surface area contributed by atoms with E-state index in [2.05, 4.69) is 25.3 Å². The van der Waals surface area contributed by atoms with E-state index in [0.717, 1.165) is 35.7 Å². The number of sulfonamides is 1. The van der Waals surface area contributed by atoms with Crippen molar-refractivity contribution in [2.24, 2.45) is 0 Å². The van der Waals surface area contributed by atoms with Crippen LogP contribution in [0, 0.1) is 17.0 Å². The summed E-state index contributed by atoms with van der Waals surface area (Å²) in [7, 11) is -2.78. The SMILES string of the molecule is COc1nc(C)nc(NC(=O)NS(=O)(=O)c2ccccc2Cl)n1.O=C(O)COc1ccc(Cl)c2cccnc12.O=C(O)c1cc(Oc2ccc(C(F)(F)F)cc2Cl)ccc1[N+](=O)[O-]. The van der Waals surface area contributed by atoms with Gasteiger partial charge in [0.05, 0.1) is 32.7 Å². The number of pyridine rings is 1. The van der Waals surface area contributed by atoms with Gasteiger partial charge in [-0.25, -0.2) is 27.5 Å². The van der Waals surface area contributed by atoms with Gasteiger partial charge in [0.1, 0.15) is 39.0 Å². The van der Waals surface area contributed by atoms with Crippen LogP contribution in [0.3, 0.4) is 0 Å². The number of ether oxygens (including phenoxy) is 3. The van der Waals surface area contributed by atoms with Crippen molar-refractivity contribution < 1.29 is 65.3 Å². The Balaban J connectivity index is 0.000000212. The number of carbonyl (C=O) groups is 3. The van der Waals surface area contributed by atoms with Crippen molar-refractivity contribution in [3.05, 3.63) is 133 Å². The first kappa shape index (κ1) is 48.6. The number of hydrogen-bond donors (Lipinski definition) is 4. The third-order valence-electron chi connectivity index (χ3n) is 7.40. The normalized spacial score (nSPS) is 10.9. The van der Waals surface area contributed by atoms with Gasteiger partial charge in [0.25, 0.3) is 15.7 Å². The molecule has 26 heteroatoms. The van der Waals surface area contributed by atoms with E-state index in [1.54, 1.807) is 43.5 Å². The molecule has 0 saturated heterocycles. The number of aromatic nitrogens is 4. The lowest BCUT2D eigenvalue weighted by Gasteiger charge is -2.11. The van der Waals surface area contributed by atoms with Crippen LogP contribution < -0.4 is 24.2 Å². The third-order valence-corrected chi connectivity index (χ3v) is 9.86. The van der Waals surface area contributed by atoms with Crippen molar-refractivity contribution in [3.8, 4) is 23.3 Å². The number of urea groups is 1. The van der Waals surface area contributed by atoms with Crippen LogP contribution in [0.5, 0.6) is 23.3 Å². The first-order valence-corrected chi connectivity index (χ1v) is 19.5. The number of aliphatic carboxylic acids is 1. The second-order valence-electron chi connectivity index (χ2n) is 11.8. The maximum Gasteiger partial charge on any atom is 0.416 e. The Morgan fingerprint density at radius 2 is 1.57 bits per heavy atom. The molecule has 6 rings (SSSR count). The number of aromatic carboxylic acids is 1. The number of fused-ring (bicyclic) bond motifs is 1. The minimum Gasteiger partial charge on any atom is -0.480 e. The van der Waals surface area contributed by atoms with Crippen LogP contribution in [0.25, 0.3) is 10.9 Å². The van der Waals surface area contributed by atoms with Crippen molar-refractivity contribution in [2.45, 2.75) is 18.0 Å². The van der Waals surface area contributed by atoms with Gasteiger partial charge in [-0.1, -0.05) is 46.9 Å². The molecule has 0 fully saturated rings. The standard InChI is InChI=1S/C14H7ClF3NO5.C12H12ClN5O4S.C11H8ClNO3/c15-10-5-7(14(16,17)18)1-4-12(10)24-8-2-3-11(19(22)23)9(6-8)13(20)21;1-7-14-10(17-12(15-7)22-2)16-11(19)18-23(20,21)9-6-4-3-5-8(9)13;12-8-3-4-9(16-6-10(14)15)11-7(8)2-1-5-13-11/h1-6H,(H,20,21);3-6H,1-2H3,(H2,14,15,16,17,18,19);1-5H,6H2,(H,14,15). The summed E-state index contributed by atoms with van der Waals surface area (Å²) in [6.45, 7) is 1.17. The molecule has 0 saturated carbocycles. The van der Waals surface area contributed by atoms with Crippen LogP contribution in [-0.2, 0) is 21.0 Å². The number of amides is 2. The highest BCUT2D eigenvalue weighted by atomic mass is 35.5. The predicted octanol–water partition coefficient (Wildman–Crippen LogP) is 8.46. The van der Waals surface area contributed by atoms with E-state index in [0.29, 0.717) is 28.2 Å². The smallest absolute Gasteiger partial charge is 0.416 e. The van der Waals surface area contributed by atoms with Crippen molar-refractivity contribution >= 4 is 85.3 Å². The number of aryl methyl sites for hydroxylation is 1. The number of carboxylic acid groups (broad SMARTS) is 2. The molecule has 4 aromatic carbocycles. The minimum atomic E-state index is -4.58. The van der Waals surface area contributed by atoms with E-state index in [-0.39, 0.29) is 38.4 Å². The fraction of sp³-hybridized carbons (Fsp3) is 0.108. The molecular formula is C37H27Cl3F3N7O12S. The minimum absolute atomic E-state index is 0.00882. The first-order valence-electron chi connectivity index (χ1n) is 16.9. The molecule has 0 aliphatic carbocycles. The van der Waals surface area contributed by atoms with Gasteiger partial charge in [-0.2, -0.15) is 28.1 Å². The number of rotatable bonds is 11. The van der Waals surface area contributed by atoms with Gasteiger partial charge in [-0.3, -0.25) is 20.4 Å². The maximum absolute atomic E-state index is 12.6. The highest BCUT2D eigenvalue weighted by molar-refractivity contribution is 7.90. The lowest BCUT2D eigenvalue weighted by molar-refractivity contribution is -0.385. The van der Waals surface area contributed by atoms with Gasteiger partial charge < -0.3 is 24.4 Å². The third kappa shape index (κ3) is 13.7. The number of benzene rings is 4. The summed E-state index contributed by atoms with van der Waals surface area (Å²) in [4.78, 5) is 58.5. The number of nitrogens with zero attached hydrogens (tertiary/aromatic N) is 5. The van der Waals surface area contributed by atoms with Gasteiger partial charge in [0, 0.05) is 23.7 Å². The Kier molecular flexibility index (Phi) is 16.3. The summed E-state index contributed by atoms with van der Waals surface area (Å²) in [5, 5.41) is 31.4. The molecule has 19 nitrogen and oxygen atoms in total. The summed E-state index contributed by atoms with van der Waals surface area (Å²) < 4.78 is 78.9. The van der Waals surface area contributed by atoms with Gasteiger partial charge in [0.2, 0.25) is 5.95 Å². The maximum atomic E-state index is 12.6. The Morgan fingerprint density at radius 3 is 2.19 bits per heavy atom. The monoisotopic (exact) mass is 955 g/mol. The van der Waals surface area contributed by atoms with Crippen LogP contribution in [0.1, 0.15) is 21.7 Å². The number of carboxylic acids is 2. The number of hydrogen-bond acceptors (Lipinski definition) is 14. The topological polar surface area (TPSA) is 272 Å². The zero-order valence-electron chi connectivity index (χ0n) is 31.8. The molecule has 330 valence electrons. The zero-order valence-corrected chi connectivity index (χ0v) is 34.8. The number of anilines is 1. The molecule has 0 aliphatic heterocycles. The van der Waals surface area contributed by atoms with Crippen molar-refractivity contribution in [1.82, 2.24) is 24.7 Å². The number of methoxy groups -OCH3 is 1. The van der Waals surface area contributed by atoms with E-state index in [1.165, 1.54) is 25.3 Å². The van der Waals surface area contributed by atoms with Crippen LogP contribution >= 0.6 is 34.8 Å². The Hall–Kier alpha value is -7.08. The molecule has 2 amide bonds. The van der Waals surface area contributed by atoms with Gasteiger partial charge >= 0.3 is 30.2 Å². The van der Waals surface area contributed by atoms with Crippen molar-refractivity contribution in [1.29, 1.82) is 0 Å². The van der Waals surface area contributed by atoms with Crippen LogP contribution in [0.4, 0.5) is 29.6 Å². The molecule has 4 N–H and O–H groups in total. The van der Waals surface area contributed by atoms with E-state index in [9.17, 15) is 46.1 Å².